The van der Waals surface area contributed by atoms with Gasteiger partial charge in [-0.3, -0.25) is 9.59 Å². The van der Waals surface area contributed by atoms with Gasteiger partial charge in [0.25, 0.3) is 0 Å². The third-order valence-corrected chi connectivity index (χ3v) is 3.45. The van der Waals surface area contributed by atoms with Crippen molar-refractivity contribution in [1.29, 1.82) is 0 Å². The second-order valence-corrected chi connectivity index (χ2v) is 5.23. The molecule has 0 radical (unpaired) electrons. The number of phenols is 1. The molecule has 0 spiro atoms. The van der Waals surface area contributed by atoms with Crippen LogP contribution < -0.4 is 10.6 Å². The van der Waals surface area contributed by atoms with Crippen molar-refractivity contribution in [3.05, 3.63) is 24.3 Å². The van der Waals surface area contributed by atoms with Gasteiger partial charge in [0.15, 0.2) is 0 Å². The number of carboxylic acids is 1. The highest BCUT2D eigenvalue weighted by molar-refractivity contribution is 5.94. The van der Waals surface area contributed by atoms with E-state index < -0.39 is 17.9 Å². The van der Waals surface area contributed by atoms with Crippen molar-refractivity contribution in [3.8, 4) is 5.75 Å². The minimum atomic E-state index is -1.07. The van der Waals surface area contributed by atoms with Crippen LogP contribution in [0.3, 0.4) is 0 Å². The second kappa shape index (κ2) is 9.09. The zero-order valence-electron chi connectivity index (χ0n) is 12.6. The summed E-state index contributed by atoms with van der Waals surface area (Å²) in [4.78, 5) is 23.1. The first kappa shape index (κ1) is 18.9. The Balaban J connectivity index is 0.00000264. The lowest BCUT2D eigenvalue weighted by Gasteiger charge is -2.17. The fourth-order valence-electron chi connectivity index (χ4n) is 2.27. The molecule has 1 aromatic rings. The molecule has 1 fully saturated rings. The lowest BCUT2D eigenvalue weighted by molar-refractivity contribution is -0.141. The van der Waals surface area contributed by atoms with E-state index in [-0.39, 0.29) is 23.8 Å². The molecular weight excluding hydrogens is 304 g/mol. The fraction of sp³-hybridized carbons (Fsp3) is 0.467. The van der Waals surface area contributed by atoms with E-state index in [9.17, 15) is 19.8 Å². The van der Waals surface area contributed by atoms with Gasteiger partial charge in [-0.25, -0.2) is 0 Å². The van der Waals surface area contributed by atoms with Crippen molar-refractivity contribution >= 4 is 17.6 Å². The van der Waals surface area contributed by atoms with Gasteiger partial charge in [-0.15, -0.1) is 0 Å². The number of aliphatic carboxylic acids is 1. The number of phenolic OH excluding ortho intramolecular Hbond substituents is 1. The van der Waals surface area contributed by atoms with E-state index in [0.29, 0.717) is 18.8 Å². The highest BCUT2D eigenvalue weighted by Crippen LogP contribution is 2.14. The number of hydrogen-bond acceptors (Lipinski definition) is 5. The Morgan fingerprint density at radius 2 is 2.00 bits per heavy atom. The van der Waals surface area contributed by atoms with Crippen molar-refractivity contribution in [2.75, 3.05) is 18.5 Å². The predicted octanol–water partition coefficient (Wildman–Crippen LogP) is 0.118. The number of carboxylic acid groups (broad SMARTS) is 1. The Hall–Kier alpha value is -2.16. The molecule has 0 aliphatic carbocycles. The lowest BCUT2D eigenvalue weighted by atomic mass is 10.1. The van der Waals surface area contributed by atoms with Crippen LogP contribution in [0.1, 0.15) is 19.3 Å². The lowest BCUT2D eigenvalue weighted by Crippen LogP contribution is -2.43. The third kappa shape index (κ3) is 6.23. The summed E-state index contributed by atoms with van der Waals surface area (Å²) in [5.41, 5.74) is 0.506. The van der Waals surface area contributed by atoms with Gasteiger partial charge >= 0.3 is 5.97 Å². The quantitative estimate of drug-likeness (QED) is 0.525. The molecular formula is C15H22N2O6. The molecule has 1 heterocycles. The molecule has 8 heteroatoms. The fourth-order valence-corrected chi connectivity index (χ4v) is 2.27. The molecule has 2 unspecified atom stereocenters. The second-order valence-electron chi connectivity index (χ2n) is 5.23. The van der Waals surface area contributed by atoms with Crippen LogP contribution in [0.2, 0.25) is 0 Å². The number of amides is 1. The molecule has 1 amide bonds. The SMILES string of the molecule is O.O=C(CC(NCC1CCCO1)C(=O)O)Nc1ccc(O)cc1. The van der Waals surface area contributed by atoms with E-state index in [0.717, 1.165) is 12.8 Å². The molecule has 1 aliphatic rings. The summed E-state index contributed by atoms with van der Waals surface area (Å²) in [5, 5.41) is 23.8. The average Bonchev–Trinajstić information content (AvgIpc) is 2.99. The molecule has 1 aliphatic heterocycles. The van der Waals surface area contributed by atoms with E-state index in [2.05, 4.69) is 10.6 Å². The zero-order chi connectivity index (χ0) is 15.9. The summed E-state index contributed by atoms with van der Waals surface area (Å²) in [7, 11) is 0. The topological polar surface area (TPSA) is 139 Å². The smallest absolute Gasteiger partial charge is 0.321 e. The summed E-state index contributed by atoms with van der Waals surface area (Å²) >= 11 is 0. The summed E-state index contributed by atoms with van der Waals surface area (Å²) in [6.07, 6.45) is 1.72. The number of hydrogen-bond donors (Lipinski definition) is 4. The summed E-state index contributed by atoms with van der Waals surface area (Å²) < 4.78 is 5.42. The summed E-state index contributed by atoms with van der Waals surface area (Å²) in [6, 6.07) is 5.02. The number of benzene rings is 1. The standard InChI is InChI=1S/C15H20N2O5.H2O/c18-11-5-3-10(4-6-11)17-14(19)8-13(15(20)21)16-9-12-2-1-7-22-12;/h3-6,12-13,16,18H,1-2,7-9H2,(H,17,19)(H,20,21);1H2. The first-order valence-electron chi connectivity index (χ1n) is 7.21. The molecule has 128 valence electrons. The maximum atomic E-state index is 11.9. The van der Waals surface area contributed by atoms with Gasteiger partial charge in [-0.05, 0) is 37.1 Å². The number of aromatic hydroxyl groups is 1. The molecule has 6 N–H and O–H groups in total. The van der Waals surface area contributed by atoms with Gasteiger partial charge in [0.1, 0.15) is 11.8 Å². The van der Waals surface area contributed by atoms with Crippen LogP contribution in [0.15, 0.2) is 24.3 Å². The van der Waals surface area contributed by atoms with Crippen LogP contribution in [0.4, 0.5) is 5.69 Å². The van der Waals surface area contributed by atoms with Crippen molar-refractivity contribution in [2.45, 2.75) is 31.4 Å². The van der Waals surface area contributed by atoms with Crippen LogP contribution in [-0.2, 0) is 14.3 Å². The largest absolute Gasteiger partial charge is 0.508 e. The molecule has 2 rings (SSSR count). The number of rotatable bonds is 7. The van der Waals surface area contributed by atoms with E-state index >= 15 is 0 Å². The van der Waals surface area contributed by atoms with Gasteiger partial charge in [0.2, 0.25) is 5.91 Å². The Morgan fingerprint density at radius 3 is 2.57 bits per heavy atom. The number of ether oxygens (including phenoxy) is 1. The van der Waals surface area contributed by atoms with Crippen molar-refractivity contribution in [3.63, 3.8) is 0 Å². The zero-order valence-corrected chi connectivity index (χ0v) is 12.6. The summed E-state index contributed by atoms with van der Waals surface area (Å²) in [5.74, 6) is -1.38. The van der Waals surface area contributed by atoms with E-state index in [1.165, 1.54) is 12.1 Å². The molecule has 1 aromatic carbocycles. The van der Waals surface area contributed by atoms with Crippen molar-refractivity contribution in [2.24, 2.45) is 0 Å². The number of anilines is 1. The minimum absolute atomic E-state index is 0. The van der Waals surface area contributed by atoms with E-state index in [1.54, 1.807) is 12.1 Å². The Morgan fingerprint density at radius 1 is 1.30 bits per heavy atom. The Kier molecular flexibility index (Phi) is 7.46. The van der Waals surface area contributed by atoms with Crippen LogP contribution in [0.5, 0.6) is 5.75 Å². The molecule has 0 saturated carbocycles. The predicted molar refractivity (Wildman–Crippen MR) is 83.4 cm³/mol. The first-order valence-corrected chi connectivity index (χ1v) is 7.21. The minimum Gasteiger partial charge on any atom is -0.508 e. The number of carbonyl (C=O) groups excluding carboxylic acids is 1. The molecule has 0 aromatic heterocycles. The number of carbonyl (C=O) groups is 2. The molecule has 1 saturated heterocycles. The van der Waals surface area contributed by atoms with Gasteiger partial charge in [-0.2, -0.15) is 0 Å². The van der Waals surface area contributed by atoms with Gasteiger partial charge in [0.05, 0.1) is 12.5 Å². The van der Waals surface area contributed by atoms with Crippen LogP contribution in [0.25, 0.3) is 0 Å². The molecule has 8 nitrogen and oxygen atoms in total. The van der Waals surface area contributed by atoms with E-state index in [4.69, 9.17) is 4.74 Å². The van der Waals surface area contributed by atoms with Gasteiger partial charge in [-0.1, -0.05) is 0 Å². The number of nitrogens with one attached hydrogen (secondary N) is 2. The van der Waals surface area contributed by atoms with Crippen molar-refractivity contribution in [1.82, 2.24) is 5.32 Å². The monoisotopic (exact) mass is 326 g/mol. The molecule has 2 atom stereocenters. The highest BCUT2D eigenvalue weighted by atomic mass is 16.5. The van der Waals surface area contributed by atoms with Crippen LogP contribution in [-0.4, -0.2) is 52.9 Å². The normalized spacial score (nSPS) is 18.0. The summed E-state index contributed by atoms with van der Waals surface area (Å²) in [6.45, 7) is 1.12. The van der Waals surface area contributed by atoms with Crippen molar-refractivity contribution < 1.29 is 30.0 Å². The molecule has 0 bridgehead atoms. The highest BCUT2D eigenvalue weighted by Gasteiger charge is 2.23. The van der Waals surface area contributed by atoms with Crippen LogP contribution >= 0.6 is 0 Å². The van der Waals surface area contributed by atoms with Crippen LogP contribution in [0, 0.1) is 0 Å². The van der Waals surface area contributed by atoms with E-state index in [1.807, 2.05) is 0 Å². The Labute approximate surface area is 133 Å². The maximum Gasteiger partial charge on any atom is 0.321 e. The average molecular weight is 326 g/mol. The molecule has 23 heavy (non-hydrogen) atoms. The van der Waals surface area contributed by atoms with Gasteiger partial charge in [0, 0.05) is 18.8 Å². The maximum absolute atomic E-state index is 11.9. The third-order valence-electron chi connectivity index (χ3n) is 3.45. The Bertz CT molecular complexity index is 513. The van der Waals surface area contributed by atoms with Gasteiger partial charge < -0.3 is 31.1 Å². The first-order chi connectivity index (χ1) is 10.5.